The van der Waals surface area contributed by atoms with Gasteiger partial charge in [0.1, 0.15) is 0 Å². The number of amides is 1. The Morgan fingerprint density at radius 2 is 1.36 bits per heavy atom. The fraction of sp³-hybridized carbons (Fsp3) is 0.129. The maximum absolute atomic E-state index is 13.3. The molecule has 176 valence electrons. The van der Waals surface area contributed by atoms with E-state index in [1.165, 1.54) is 0 Å². The van der Waals surface area contributed by atoms with Gasteiger partial charge >= 0.3 is 0 Å². The predicted molar refractivity (Wildman–Crippen MR) is 140 cm³/mol. The molecule has 1 saturated carbocycles. The molecule has 0 spiro atoms. The zero-order valence-corrected chi connectivity index (χ0v) is 19.7. The molecule has 6 rings (SSSR count). The topological polar surface area (TPSA) is 66.9 Å². The first-order valence-electron chi connectivity index (χ1n) is 12.1. The van der Waals surface area contributed by atoms with Crippen LogP contribution >= 0.6 is 0 Å². The van der Waals surface area contributed by atoms with E-state index in [1.807, 2.05) is 91.0 Å². The summed E-state index contributed by atoms with van der Waals surface area (Å²) in [4.78, 5) is 13.3. The number of hydrogen-bond acceptors (Lipinski definition) is 3. The van der Waals surface area contributed by atoms with E-state index in [0.717, 1.165) is 27.6 Å². The van der Waals surface area contributed by atoms with Crippen molar-refractivity contribution in [2.45, 2.75) is 18.4 Å². The van der Waals surface area contributed by atoms with Crippen LogP contribution in [0.15, 0.2) is 125 Å². The van der Waals surface area contributed by atoms with Crippen LogP contribution in [0.4, 0.5) is 5.69 Å². The Hall–Kier alpha value is -4.51. The van der Waals surface area contributed by atoms with E-state index >= 15 is 0 Å². The van der Waals surface area contributed by atoms with Gasteiger partial charge in [-0.15, -0.1) is 10.2 Å². The van der Waals surface area contributed by atoms with Gasteiger partial charge in [0.05, 0.1) is 18.0 Å². The molecule has 4 aromatic carbocycles. The van der Waals surface area contributed by atoms with Crippen LogP contribution in [0.2, 0.25) is 0 Å². The lowest BCUT2D eigenvalue weighted by molar-refractivity contribution is -0.119. The first-order valence-corrected chi connectivity index (χ1v) is 12.1. The highest BCUT2D eigenvalue weighted by Gasteiger charge is 2.60. The molecule has 1 aliphatic rings. The smallest absolute Gasteiger partial charge is 0.269 e. The lowest BCUT2D eigenvalue weighted by atomic mass is 9.85. The third-order valence-corrected chi connectivity index (χ3v) is 7.19. The summed E-state index contributed by atoms with van der Waals surface area (Å²) >= 11 is 0. The van der Waals surface area contributed by atoms with Crippen LogP contribution in [0, 0.1) is 5.92 Å². The second-order valence-corrected chi connectivity index (χ2v) is 9.26. The highest BCUT2D eigenvalue weighted by molar-refractivity contribution is 5.95. The number of hydrogen-bond donors (Lipinski definition) is 1. The second-order valence-electron chi connectivity index (χ2n) is 9.26. The molecule has 0 radical (unpaired) electrons. The summed E-state index contributed by atoms with van der Waals surface area (Å²) in [5, 5.41) is 20.3. The average Bonchev–Trinajstić information content (AvgIpc) is 3.65. The summed E-state index contributed by atoms with van der Waals surface area (Å²) in [5.74, 6) is -0.572. The molecule has 0 bridgehead atoms. The van der Waals surface area contributed by atoms with Gasteiger partial charge in [-0.05, 0) is 29.2 Å². The summed E-state index contributed by atoms with van der Waals surface area (Å²) in [5.41, 5.74) is 4.03. The van der Waals surface area contributed by atoms with Crippen molar-refractivity contribution in [2.24, 2.45) is 16.1 Å². The van der Waals surface area contributed by atoms with Gasteiger partial charge in [-0.2, -0.15) is 0 Å². The third kappa shape index (κ3) is 3.69. The van der Waals surface area contributed by atoms with Crippen LogP contribution < -0.4 is 0 Å². The Morgan fingerprint density at radius 1 is 0.806 bits per heavy atom. The molecule has 5 aromatic rings. The van der Waals surface area contributed by atoms with E-state index in [1.54, 1.807) is 4.57 Å². The molecule has 1 heterocycles. The average molecular weight is 472 g/mol. The number of aromatic nitrogens is 1. The Morgan fingerprint density at radius 3 is 2.00 bits per heavy atom. The normalized spacial score (nSPS) is 16.4. The molecular formula is C31H25N3O2. The van der Waals surface area contributed by atoms with Crippen LogP contribution in [0.3, 0.4) is 0 Å². The fourth-order valence-electron chi connectivity index (χ4n) is 5.30. The van der Waals surface area contributed by atoms with Crippen molar-refractivity contribution in [3.63, 3.8) is 0 Å². The quantitative estimate of drug-likeness (QED) is 0.271. The SMILES string of the molecule is O=C(N=Nc1c(O)n(Cc2ccccc2)c2ccccc12)[C@@H]1CC1(c1ccccc1)c1ccccc1. The van der Waals surface area contributed by atoms with Gasteiger partial charge in [-0.25, -0.2) is 0 Å². The summed E-state index contributed by atoms with van der Waals surface area (Å²) < 4.78 is 1.80. The second kappa shape index (κ2) is 8.93. The molecule has 1 amide bonds. The molecule has 1 aromatic heterocycles. The van der Waals surface area contributed by atoms with Gasteiger partial charge in [0.25, 0.3) is 5.91 Å². The first-order chi connectivity index (χ1) is 17.7. The Balaban J connectivity index is 1.34. The minimum atomic E-state index is -0.401. The predicted octanol–water partition coefficient (Wildman–Crippen LogP) is 7.01. The monoisotopic (exact) mass is 471 g/mol. The van der Waals surface area contributed by atoms with Crippen LogP contribution in [-0.4, -0.2) is 15.6 Å². The lowest BCUT2D eigenvalue weighted by Crippen LogP contribution is -2.16. The van der Waals surface area contributed by atoms with Crippen LogP contribution in [-0.2, 0) is 16.8 Å². The molecule has 0 unspecified atom stereocenters. The third-order valence-electron chi connectivity index (χ3n) is 7.19. The van der Waals surface area contributed by atoms with E-state index in [4.69, 9.17) is 0 Å². The zero-order valence-electron chi connectivity index (χ0n) is 19.7. The van der Waals surface area contributed by atoms with E-state index in [-0.39, 0.29) is 17.7 Å². The number of azo groups is 1. The fourth-order valence-corrected chi connectivity index (χ4v) is 5.30. The van der Waals surface area contributed by atoms with Crippen LogP contribution in [0.1, 0.15) is 23.1 Å². The van der Waals surface area contributed by atoms with Crippen molar-refractivity contribution in [3.8, 4) is 5.88 Å². The van der Waals surface area contributed by atoms with Crippen molar-refractivity contribution >= 4 is 22.5 Å². The molecule has 5 heteroatoms. The zero-order chi connectivity index (χ0) is 24.5. The van der Waals surface area contributed by atoms with E-state index in [0.29, 0.717) is 18.7 Å². The number of para-hydroxylation sites is 1. The highest BCUT2D eigenvalue weighted by Crippen LogP contribution is 2.59. The van der Waals surface area contributed by atoms with Gasteiger partial charge in [-0.1, -0.05) is 109 Å². The van der Waals surface area contributed by atoms with Crippen molar-refractivity contribution in [3.05, 3.63) is 132 Å². The maximum atomic E-state index is 13.3. The first kappa shape index (κ1) is 22.0. The van der Waals surface area contributed by atoms with Gasteiger partial charge in [0.2, 0.25) is 5.88 Å². The Bertz CT molecular complexity index is 1520. The minimum Gasteiger partial charge on any atom is -0.493 e. The number of carbonyl (C=O) groups is 1. The molecule has 1 atom stereocenters. The number of carbonyl (C=O) groups excluding carboxylic acids is 1. The molecule has 1 N–H and O–H groups in total. The molecule has 36 heavy (non-hydrogen) atoms. The largest absolute Gasteiger partial charge is 0.493 e. The van der Waals surface area contributed by atoms with Crippen molar-refractivity contribution < 1.29 is 9.90 Å². The Labute approximate surface area is 209 Å². The standard InChI is InChI=1S/C31H25N3O2/c35-29(26-20-31(26,23-14-6-2-7-15-23)24-16-8-3-9-17-24)33-32-28-25-18-10-11-19-27(25)34(30(28)36)21-22-12-4-1-5-13-22/h1-19,26,36H,20-21H2/t26-/m0/s1. The molecule has 1 aliphatic carbocycles. The highest BCUT2D eigenvalue weighted by atomic mass is 16.3. The molecule has 5 nitrogen and oxygen atoms in total. The van der Waals surface area contributed by atoms with Crippen LogP contribution in [0.25, 0.3) is 10.9 Å². The van der Waals surface area contributed by atoms with E-state index in [9.17, 15) is 9.90 Å². The van der Waals surface area contributed by atoms with Crippen LogP contribution in [0.5, 0.6) is 5.88 Å². The maximum Gasteiger partial charge on any atom is 0.269 e. The van der Waals surface area contributed by atoms with E-state index in [2.05, 4.69) is 34.5 Å². The number of rotatable bonds is 6. The number of benzene rings is 4. The molecular weight excluding hydrogens is 446 g/mol. The Kier molecular flexibility index (Phi) is 5.45. The van der Waals surface area contributed by atoms with Crippen molar-refractivity contribution in [1.82, 2.24) is 4.57 Å². The number of aromatic hydroxyl groups is 1. The number of fused-ring (bicyclic) bond motifs is 1. The van der Waals surface area contributed by atoms with E-state index < -0.39 is 5.41 Å². The van der Waals surface area contributed by atoms with Gasteiger partial charge in [-0.3, -0.25) is 4.79 Å². The summed E-state index contributed by atoms with van der Waals surface area (Å²) in [6.45, 7) is 0.490. The van der Waals surface area contributed by atoms with Gasteiger partial charge < -0.3 is 9.67 Å². The lowest BCUT2D eigenvalue weighted by Gasteiger charge is -2.17. The van der Waals surface area contributed by atoms with Crippen molar-refractivity contribution in [2.75, 3.05) is 0 Å². The van der Waals surface area contributed by atoms with Gasteiger partial charge in [0.15, 0.2) is 5.69 Å². The summed E-state index contributed by atoms with van der Waals surface area (Å²) in [7, 11) is 0. The summed E-state index contributed by atoms with van der Waals surface area (Å²) in [6.07, 6.45) is 0.681. The molecule has 1 fully saturated rings. The molecule has 0 saturated heterocycles. The van der Waals surface area contributed by atoms with Gasteiger partial charge in [0, 0.05) is 10.8 Å². The minimum absolute atomic E-state index is 0.00443. The molecule has 0 aliphatic heterocycles. The number of nitrogens with zero attached hydrogens (tertiary/aromatic N) is 3. The summed E-state index contributed by atoms with van der Waals surface area (Å²) in [6, 6.07) is 37.8. The van der Waals surface area contributed by atoms with Crippen molar-refractivity contribution in [1.29, 1.82) is 0 Å².